The number of pyridine rings is 1. The first-order valence-corrected chi connectivity index (χ1v) is 7.36. The molecule has 0 aliphatic rings. The standard InChI is InChI=1S/C15H14N4OS/c1-9-8-21-14(18-9)7-17-15(20)11-6-13(16)19-12-5-3-2-4-10(11)12/h2-6,8H,7H2,1H3,(H2,16,19)(H,17,20). The molecule has 0 aliphatic heterocycles. The number of nitrogens with zero attached hydrogens (tertiary/aromatic N) is 2. The molecule has 106 valence electrons. The number of fused-ring (bicyclic) bond motifs is 1. The van der Waals surface area contributed by atoms with Gasteiger partial charge in [-0.1, -0.05) is 18.2 Å². The Morgan fingerprint density at radius 3 is 2.90 bits per heavy atom. The van der Waals surface area contributed by atoms with E-state index in [1.165, 1.54) is 11.3 Å². The summed E-state index contributed by atoms with van der Waals surface area (Å²) in [6.45, 7) is 2.34. The highest BCUT2D eigenvalue weighted by Gasteiger charge is 2.12. The van der Waals surface area contributed by atoms with Gasteiger partial charge in [-0.05, 0) is 19.1 Å². The van der Waals surface area contributed by atoms with E-state index < -0.39 is 0 Å². The van der Waals surface area contributed by atoms with Gasteiger partial charge in [-0.2, -0.15) is 0 Å². The molecular weight excluding hydrogens is 284 g/mol. The summed E-state index contributed by atoms with van der Waals surface area (Å²) >= 11 is 1.53. The molecule has 0 saturated heterocycles. The minimum absolute atomic E-state index is 0.173. The number of aryl methyl sites for hydroxylation is 1. The van der Waals surface area contributed by atoms with Crippen LogP contribution in [0.15, 0.2) is 35.7 Å². The van der Waals surface area contributed by atoms with E-state index in [-0.39, 0.29) is 5.91 Å². The van der Waals surface area contributed by atoms with Crippen LogP contribution in [0.3, 0.4) is 0 Å². The van der Waals surface area contributed by atoms with Crippen molar-refractivity contribution >= 4 is 34.0 Å². The molecule has 0 bridgehead atoms. The molecule has 0 radical (unpaired) electrons. The second kappa shape index (κ2) is 5.49. The maximum Gasteiger partial charge on any atom is 0.252 e. The van der Waals surface area contributed by atoms with E-state index in [9.17, 15) is 4.79 Å². The molecular formula is C15H14N4OS. The number of benzene rings is 1. The Hall–Kier alpha value is -2.47. The lowest BCUT2D eigenvalue weighted by Gasteiger charge is -2.08. The third-order valence-electron chi connectivity index (χ3n) is 3.05. The summed E-state index contributed by atoms with van der Waals surface area (Å²) in [5.74, 6) is 0.164. The van der Waals surface area contributed by atoms with E-state index in [1.807, 2.05) is 36.6 Å². The van der Waals surface area contributed by atoms with Crippen LogP contribution >= 0.6 is 11.3 Å². The summed E-state index contributed by atoms with van der Waals surface area (Å²) in [6.07, 6.45) is 0. The van der Waals surface area contributed by atoms with E-state index in [2.05, 4.69) is 15.3 Å². The molecule has 0 fully saturated rings. The number of carbonyl (C=O) groups is 1. The van der Waals surface area contributed by atoms with E-state index in [0.29, 0.717) is 23.4 Å². The second-order valence-corrected chi connectivity index (χ2v) is 5.62. The highest BCUT2D eigenvalue weighted by molar-refractivity contribution is 7.09. The molecule has 0 aliphatic carbocycles. The minimum Gasteiger partial charge on any atom is -0.384 e. The number of anilines is 1. The Balaban J connectivity index is 1.87. The Morgan fingerprint density at radius 1 is 1.33 bits per heavy atom. The normalized spacial score (nSPS) is 10.7. The van der Waals surface area contributed by atoms with Crippen molar-refractivity contribution in [1.29, 1.82) is 0 Å². The van der Waals surface area contributed by atoms with Gasteiger partial charge in [0.1, 0.15) is 10.8 Å². The summed E-state index contributed by atoms with van der Waals surface area (Å²) < 4.78 is 0. The Labute approximate surface area is 125 Å². The Morgan fingerprint density at radius 2 is 2.14 bits per heavy atom. The first-order valence-electron chi connectivity index (χ1n) is 6.48. The van der Waals surface area contributed by atoms with Gasteiger partial charge in [0.05, 0.1) is 17.6 Å². The van der Waals surface area contributed by atoms with Crippen molar-refractivity contribution in [3.05, 3.63) is 52.0 Å². The van der Waals surface area contributed by atoms with Crippen LogP contribution in [0.4, 0.5) is 5.82 Å². The smallest absolute Gasteiger partial charge is 0.252 e. The number of nitrogens with two attached hydrogens (primary N) is 1. The van der Waals surface area contributed by atoms with E-state index in [4.69, 9.17) is 5.73 Å². The molecule has 21 heavy (non-hydrogen) atoms. The fourth-order valence-corrected chi connectivity index (χ4v) is 2.83. The fourth-order valence-electron chi connectivity index (χ4n) is 2.12. The zero-order chi connectivity index (χ0) is 14.8. The van der Waals surface area contributed by atoms with Gasteiger partial charge in [-0.3, -0.25) is 4.79 Å². The number of aromatic nitrogens is 2. The maximum atomic E-state index is 12.4. The molecule has 3 N–H and O–H groups in total. The SMILES string of the molecule is Cc1csc(CNC(=O)c2cc(N)nc3ccccc23)n1. The van der Waals surface area contributed by atoms with Crippen LogP contribution in [0.2, 0.25) is 0 Å². The van der Waals surface area contributed by atoms with E-state index >= 15 is 0 Å². The molecule has 0 unspecified atom stereocenters. The van der Waals surface area contributed by atoms with Crippen LogP contribution in [0.5, 0.6) is 0 Å². The number of carbonyl (C=O) groups excluding carboxylic acids is 1. The summed E-state index contributed by atoms with van der Waals surface area (Å²) in [6, 6.07) is 9.05. The molecule has 1 amide bonds. The number of hydrogen-bond acceptors (Lipinski definition) is 5. The van der Waals surface area contributed by atoms with Gasteiger partial charge in [-0.15, -0.1) is 11.3 Å². The van der Waals surface area contributed by atoms with Crippen molar-refractivity contribution in [3.8, 4) is 0 Å². The molecule has 2 aromatic heterocycles. The molecule has 2 heterocycles. The van der Waals surface area contributed by atoms with Crippen molar-refractivity contribution in [2.24, 2.45) is 0 Å². The van der Waals surface area contributed by atoms with Crippen LogP contribution in [0, 0.1) is 6.92 Å². The lowest BCUT2D eigenvalue weighted by atomic mass is 10.1. The Bertz CT molecular complexity index is 812. The van der Waals surface area contributed by atoms with Crippen molar-refractivity contribution in [2.75, 3.05) is 5.73 Å². The minimum atomic E-state index is -0.173. The van der Waals surface area contributed by atoms with Gasteiger partial charge >= 0.3 is 0 Å². The van der Waals surface area contributed by atoms with Crippen molar-refractivity contribution < 1.29 is 4.79 Å². The third kappa shape index (κ3) is 2.85. The number of nitrogen functional groups attached to an aromatic ring is 1. The van der Waals surface area contributed by atoms with Gasteiger partial charge in [0, 0.05) is 16.5 Å². The van der Waals surface area contributed by atoms with Crippen LogP contribution in [0.25, 0.3) is 10.9 Å². The number of hydrogen-bond donors (Lipinski definition) is 2. The monoisotopic (exact) mass is 298 g/mol. The summed E-state index contributed by atoms with van der Waals surface area (Å²) in [7, 11) is 0. The first kappa shape index (κ1) is 13.5. The number of rotatable bonds is 3. The summed E-state index contributed by atoms with van der Waals surface area (Å²) in [4.78, 5) is 20.9. The highest BCUT2D eigenvalue weighted by atomic mass is 32.1. The van der Waals surface area contributed by atoms with Crippen LogP contribution in [-0.4, -0.2) is 15.9 Å². The molecule has 3 aromatic rings. The molecule has 0 spiro atoms. The number of nitrogens with one attached hydrogen (secondary N) is 1. The Kier molecular flexibility index (Phi) is 3.53. The number of amides is 1. The molecule has 6 heteroatoms. The van der Waals surface area contributed by atoms with Crippen molar-refractivity contribution in [3.63, 3.8) is 0 Å². The molecule has 1 aromatic carbocycles. The van der Waals surface area contributed by atoms with Gasteiger partial charge < -0.3 is 11.1 Å². The first-order chi connectivity index (χ1) is 10.1. The zero-order valence-corrected chi connectivity index (χ0v) is 12.3. The van der Waals surface area contributed by atoms with Gasteiger partial charge in [-0.25, -0.2) is 9.97 Å². The average molecular weight is 298 g/mol. The van der Waals surface area contributed by atoms with Gasteiger partial charge in [0.15, 0.2) is 0 Å². The molecule has 0 atom stereocenters. The average Bonchev–Trinajstić information content (AvgIpc) is 2.89. The lowest BCUT2D eigenvalue weighted by molar-refractivity contribution is 0.0952. The lowest BCUT2D eigenvalue weighted by Crippen LogP contribution is -2.23. The van der Waals surface area contributed by atoms with Gasteiger partial charge in [0.25, 0.3) is 5.91 Å². The topological polar surface area (TPSA) is 80.9 Å². The third-order valence-corrected chi connectivity index (χ3v) is 4.01. The molecule has 5 nitrogen and oxygen atoms in total. The van der Waals surface area contributed by atoms with Gasteiger partial charge in [0.2, 0.25) is 0 Å². The zero-order valence-electron chi connectivity index (χ0n) is 11.5. The molecule has 0 saturated carbocycles. The second-order valence-electron chi connectivity index (χ2n) is 4.68. The van der Waals surface area contributed by atoms with E-state index in [0.717, 1.165) is 16.1 Å². The number of para-hydroxylation sites is 1. The predicted molar refractivity (Wildman–Crippen MR) is 84.2 cm³/mol. The summed E-state index contributed by atoms with van der Waals surface area (Å²) in [5.41, 5.74) is 7.98. The maximum absolute atomic E-state index is 12.4. The van der Waals surface area contributed by atoms with Crippen LogP contribution < -0.4 is 11.1 Å². The highest BCUT2D eigenvalue weighted by Crippen LogP contribution is 2.19. The summed E-state index contributed by atoms with van der Waals surface area (Å²) in [5, 5.41) is 6.51. The van der Waals surface area contributed by atoms with Crippen LogP contribution in [0.1, 0.15) is 21.1 Å². The van der Waals surface area contributed by atoms with Crippen LogP contribution in [-0.2, 0) is 6.54 Å². The van der Waals surface area contributed by atoms with Crippen molar-refractivity contribution in [1.82, 2.24) is 15.3 Å². The molecule has 3 rings (SSSR count). The number of thiazole rings is 1. The quantitative estimate of drug-likeness (QED) is 0.778. The van der Waals surface area contributed by atoms with Crippen molar-refractivity contribution in [2.45, 2.75) is 13.5 Å². The predicted octanol–water partition coefficient (Wildman–Crippen LogP) is 2.51. The van der Waals surface area contributed by atoms with E-state index in [1.54, 1.807) is 6.07 Å². The largest absolute Gasteiger partial charge is 0.384 e. The fraction of sp³-hybridized carbons (Fsp3) is 0.133.